The number of hydrogen-bond acceptors (Lipinski definition) is 7. The second-order valence-electron chi connectivity index (χ2n) is 8.65. The molecule has 0 radical (unpaired) electrons. The van der Waals surface area contributed by atoms with Crippen LogP contribution >= 0.6 is 0 Å². The number of amides is 2. The van der Waals surface area contributed by atoms with Crippen molar-refractivity contribution in [2.24, 2.45) is 0 Å². The third kappa shape index (κ3) is 5.60. The summed E-state index contributed by atoms with van der Waals surface area (Å²) in [5.41, 5.74) is 1.90. The van der Waals surface area contributed by atoms with Crippen molar-refractivity contribution in [1.29, 1.82) is 0 Å². The summed E-state index contributed by atoms with van der Waals surface area (Å²) >= 11 is 0. The molecule has 1 aliphatic rings. The molecule has 0 bridgehead atoms. The normalized spacial score (nSPS) is 14.2. The second-order valence-corrected chi connectivity index (χ2v) is 8.65. The molecule has 2 N–H and O–H groups in total. The number of aromatic nitrogens is 1. The fraction of sp³-hybridized carbons (Fsp3) is 0.207. The fourth-order valence-corrected chi connectivity index (χ4v) is 4.21. The lowest BCUT2D eigenvalue weighted by molar-refractivity contribution is -0.135. The Kier molecular flexibility index (Phi) is 8.26. The second kappa shape index (κ2) is 11.8. The van der Waals surface area contributed by atoms with Gasteiger partial charge in [0.25, 0.3) is 5.91 Å². The summed E-state index contributed by atoms with van der Waals surface area (Å²) in [4.78, 5) is 31.2. The van der Waals surface area contributed by atoms with E-state index < -0.39 is 24.4 Å². The zero-order valence-electron chi connectivity index (χ0n) is 21.7. The maximum absolute atomic E-state index is 15.0. The number of halogens is 1. The van der Waals surface area contributed by atoms with Gasteiger partial charge in [0.05, 0.1) is 26.3 Å². The van der Waals surface area contributed by atoms with E-state index >= 15 is 4.39 Å². The van der Waals surface area contributed by atoms with Gasteiger partial charge in [0.1, 0.15) is 11.8 Å². The topological polar surface area (TPSA) is 110 Å². The number of ether oxygens (including phenoxy) is 3. The van der Waals surface area contributed by atoms with Crippen molar-refractivity contribution in [2.45, 2.75) is 13.0 Å². The quantitative estimate of drug-likeness (QED) is 0.372. The first kappa shape index (κ1) is 27.3. The molecule has 3 aromatic rings. The predicted molar refractivity (Wildman–Crippen MR) is 145 cm³/mol. The number of fused-ring (bicyclic) bond motifs is 1. The molecule has 2 aromatic carbocycles. The average molecular weight is 534 g/mol. The maximum atomic E-state index is 15.0. The van der Waals surface area contributed by atoms with E-state index in [4.69, 9.17) is 14.2 Å². The molecule has 10 heteroatoms. The number of hydrogen-bond donors (Lipinski definition) is 2. The minimum absolute atomic E-state index is 0.0813. The molecule has 1 aromatic heterocycles. The zero-order valence-corrected chi connectivity index (χ0v) is 21.7. The molecule has 0 spiro atoms. The van der Waals surface area contributed by atoms with Crippen LogP contribution in [0.2, 0.25) is 0 Å². The molecule has 1 unspecified atom stereocenters. The Balaban J connectivity index is 1.51. The maximum Gasteiger partial charge on any atom is 0.250 e. The lowest BCUT2D eigenvalue weighted by Gasteiger charge is -2.25. The van der Waals surface area contributed by atoms with Gasteiger partial charge in [0.2, 0.25) is 5.91 Å². The Labute approximate surface area is 224 Å². The van der Waals surface area contributed by atoms with Crippen LogP contribution in [0.4, 0.5) is 10.1 Å². The molecule has 2 heterocycles. The van der Waals surface area contributed by atoms with E-state index in [0.717, 1.165) is 11.6 Å². The number of methoxy groups -OCH3 is 2. The van der Waals surface area contributed by atoms with Gasteiger partial charge < -0.3 is 29.5 Å². The van der Waals surface area contributed by atoms with E-state index in [1.807, 2.05) is 0 Å². The van der Waals surface area contributed by atoms with Gasteiger partial charge in [-0.2, -0.15) is 0 Å². The Morgan fingerprint density at radius 1 is 1.18 bits per heavy atom. The van der Waals surface area contributed by atoms with Crippen molar-refractivity contribution < 1.29 is 33.3 Å². The molecule has 2 amide bonds. The Morgan fingerprint density at radius 3 is 2.59 bits per heavy atom. The predicted octanol–water partition coefficient (Wildman–Crippen LogP) is 4.38. The lowest BCUT2D eigenvalue weighted by Crippen LogP contribution is -2.48. The largest absolute Gasteiger partial charge is 0.493 e. The molecule has 1 aliphatic heterocycles. The van der Waals surface area contributed by atoms with Gasteiger partial charge in [-0.25, -0.2) is 4.39 Å². The molecule has 39 heavy (non-hydrogen) atoms. The monoisotopic (exact) mass is 533 g/mol. The van der Waals surface area contributed by atoms with Gasteiger partial charge in [0, 0.05) is 41.5 Å². The first-order valence-corrected chi connectivity index (χ1v) is 12.0. The molecule has 0 saturated heterocycles. The van der Waals surface area contributed by atoms with Crippen LogP contribution in [0, 0.1) is 5.82 Å². The van der Waals surface area contributed by atoms with Crippen LogP contribution < -0.4 is 19.5 Å². The fourth-order valence-electron chi connectivity index (χ4n) is 4.21. The lowest BCUT2D eigenvalue weighted by atomic mass is 10.1. The molecule has 1 atom stereocenters. The summed E-state index contributed by atoms with van der Waals surface area (Å²) < 4.78 is 31.5. The Bertz CT molecular complexity index is 1500. The van der Waals surface area contributed by atoms with Crippen LogP contribution in [-0.2, 0) is 9.59 Å². The van der Waals surface area contributed by atoms with E-state index in [0.29, 0.717) is 33.7 Å². The number of allylic oxidation sites excluding steroid dienone is 2. The first-order valence-electron chi connectivity index (χ1n) is 12.0. The van der Waals surface area contributed by atoms with Crippen LogP contribution in [0.3, 0.4) is 0 Å². The highest BCUT2D eigenvalue weighted by molar-refractivity contribution is 6.03. The smallest absolute Gasteiger partial charge is 0.250 e. The number of aliphatic hydroxyl groups excluding tert-OH is 1. The van der Waals surface area contributed by atoms with Crippen molar-refractivity contribution in [2.75, 3.05) is 32.7 Å². The number of nitrogens with zero attached hydrogens (tertiary/aromatic N) is 2. The molecular weight excluding hydrogens is 505 g/mol. The molecule has 0 aliphatic carbocycles. The molecular formula is C29H28FN3O6. The SMILES string of the molecule is C=C/C=C\C1=C(C)C(=O)N(C(CO)C(=O)Nc2ccc(Oc3ccnc4cc(OC)c(OC)cc34)c(F)c2)C1. The third-order valence-electron chi connectivity index (χ3n) is 6.32. The highest BCUT2D eigenvalue weighted by Gasteiger charge is 2.35. The number of nitrogens with one attached hydrogen (secondary N) is 1. The standard InChI is InChI=1S/C29H28FN3O6/c1-5-6-7-18-15-33(29(36)17(18)2)23(16-34)28(35)32-19-8-9-25(21(30)12-19)39-24-10-11-31-22-14-27(38-4)26(37-3)13-20(22)24/h5-14,23,34H,1,15-16H2,2-4H3,(H,32,35)/b7-6-. The third-order valence-corrected chi connectivity index (χ3v) is 6.32. The minimum atomic E-state index is -1.16. The summed E-state index contributed by atoms with van der Waals surface area (Å²) in [6.45, 7) is 4.82. The van der Waals surface area contributed by atoms with Gasteiger partial charge >= 0.3 is 0 Å². The number of aliphatic hydroxyl groups is 1. The number of anilines is 1. The van der Waals surface area contributed by atoms with Crippen LogP contribution in [0.1, 0.15) is 6.92 Å². The average Bonchev–Trinajstić information content (AvgIpc) is 3.21. The number of benzene rings is 2. The summed E-state index contributed by atoms with van der Waals surface area (Å²) in [5, 5.41) is 13.1. The van der Waals surface area contributed by atoms with Crippen LogP contribution in [0.5, 0.6) is 23.0 Å². The van der Waals surface area contributed by atoms with Gasteiger partial charge in [-0.3, -0.25) is 14.6 Å². The van der Waals surface area contributed by atoms with Crippen molar-refractivity contribution in [3.8, 4) is 23.0 Å². The minimum Gasteiger partial charge on any atom is -0.493 e. The summed E-state index contributed by atoms with van der Waals surface area (Å²) in [6, 6.07) is 7.75. The van der Waals surface area contributed by atoms with Crippen molar-refractivity contribution in [1.82, 2.24) is 9.88 Å². The molecule has 0 saturated carbocycles. The molecule has 0 fully saturated rings. The number of rotatable bonds is 10. The summed E-state index contributed by atoms with van der Waals surface area (Å²) in [5.74, 6) is -0.525. The van der Waals surface area contributed by atoms with Gasteiger partial charge in [-0.1, -0.05) is 24.8 Å². The van der Waals surface area contributed by atoms with Gasteiger partial charge in [-0.15, -0.1) is 0 Å². The Morgan fingerprint density at radius 2 is 1.92 bits per heavy atom. The molecule has 202 valence electrons. The van der Waals surface area contributed by atoms with E-state index in [2.05, 4.69) is 16.9 Å². The van der Waals surface area contributed by atoms with Crippen molar-refractivity contribution >= 4 is 28.4 Å². The van der Waals surface area contributed by atoms with Crippen LogP contribution in [0.25, 0.3) is 10.9 Å². The molecule has 4 rings (SSSR count). The number of carbonyl (C=O) groups excluding carboxylic acids is 2. The van der Waals surface area contributed by atoms with Crippen molar-refractivity contribution in [3.05, 3.63) is 84.4 Å². The van der Waals surface area contributed by atoms with Crippen LogP contribution in [-0.4, -0.2) is 60.2 Å². The first-order chi connectivity index (χ1) is 18.8. The van der Waals surface area contributed by atoms with Crippen LogP contribution in [0.15, 0.2) is 78.5 Å². The highest BCUT2D eigenvalue weighted by atomic mass is 19.1. The van der Waals surface area contributed by atoms with Gasteiger partial charge in [0.15, 0.2) is 23.1 Å². The van der Waals surface area contributed by atoms with E-state index in [1.165, 1.54) is 37.4 Å². The van der Waals surface area contributed by atoms with Gasteiger partial charge in [-0.05, 0) is 36.8 Å². The summed E-state index contributed by atoms with van der Waals surface area (Å²) in [6.07, 6.45) is 6.54. The Hall–Kier alpha value is -4.70. The van der Waals surface area contributed by atoms with Crippen molar-refractivity contribution in [3.63, 3.8) is 0 Å². The number of carbonyl (C=O) groups is 2. The van der Waals surface area contributed by atoms with E-state index in [9.17, 15) is 14.7 Å². The summed E-state index contributed by atoms with van der Waals surface area (Å²) in [7, 11) is 3.02. The van der Waals surface area contributed by atoms with E-state index in [1.54, 1.807) is 43.4 Å². The molecule has 9 nitrogen and oxygen atoms in total. The van der Waals surface area contributed by atoms with E-state index in [-0.39, 0.29) is 23.9 Å². The zero-order chi connectivity index (χ0) is 28.1. The number of pyridine rings is 1. The highest BCUT2D eigenvalue weighted by Crippen LogP contribution is 2.37.